The predicted molar refractivity (Wildman–Crippen MR) is 97.4 cm³/mol. The Hall–Kier alpha value is -3.19. The van der Waals surface area contributed by atoms with Gasteiger partial charge in [0.2, 0.25) is 0 Å². The molecule has 2 aromatic rings. The zero-order valence-electron chi connectivity index (χ0n) is 14.0. The van der Waals surface area contributed by atoms with Gasteiger partial charge >= 0.3 is 6.03 Å². The second-order valence-corrected chi connectivity index (χ2v) is 5.48. The smallest absolute Gasteiger partial charge is 0.319 e. The van der Waals surface area contributed by atoms with Crippen LogP contribution in [0.4, 0.5) is 14.9 Å². The summed E-state index contributed by atoms with van der Waals surface area (Å²) < 4.78 is 12.9. The van der Waals surface area contributed by atoms with Gasteiger partial charge in [0.05, 0.1) is 6.10 Å². The number of rotatable bonds is 7. The summed E-state index contributed by atoms with van der Waals surface area (Å²) in [4.78, 5) is 23.6. The van der Waals surface area contributed by atoms with Crippen LogP contribution in [0.25, 0.3) is 0 Å². The SMILES string of the molecule is C=CCNC(=O)c1ccc(NC(=O)NCC(O)c2ccc(F)cc2)cc1. The van der Waals surface area contributed by atoms with Crippen LogP contribution in [0.2, 0.25) is 0 Å². The number of carbonyl (C=O) groups is 2. The van der Waals surface area contributed by atoms with E-state index in [4.69, 9.17) is 0 Å². The van der Waals surface area contributed by atoms with E-state index in [0.717, 1.165) is 0 Å². The number of hydrogen-bond donors (Lipinski definition) is 4. The van der Waals surface area contributed by atoms with Crippen LogP contribution in [0.5, 0.6) is 0 Å². The van der Waals surface area contributed by atoms with E-state index in [1.54, 1.807) is 30.3 Å². The molecule has 1 unspecified atom stereocenters. The van der Waals surface area contributed by atoms with Gasteiger partial charge in [0.25, 0.3) is 5.91 Å². The van der Waals surface area contributed by atoms with Gasteiger partial charge < -0.3 is 21.1 Å². The first-order valence-corrected chi connectivity index (χ1v) is 7.97. The molecule has 0 radical (unpaired) electrons. The van der Waals surface area contributed by atoms with Gasteiger partial charge in [-0.25, -0.2) is 9.18 Å². The Morgan fingerprint density at radius 3 is 2.35 bits per heavy atom. The molecule has 1 atom stereocenters. The van der Waals surface area contributed by atoms with E-state index >= 15 is 0 Å². The maximum Gasteiger partial charge on any atom is 0.319 e. The molecule has 0 saturated heterocycles. The number of anilines is 1. The minimum absolute atomic E-state index is 0.0283. The summed E-state index contributed by atoms with van der Waals surface area (Å²) in [5, 5.41) is 17.8. The van der Waals surface area contributed by atoms with Crippen LogP contribution in [0.1, 0.15) is 22.0 Å². The second-order valence-electron chi connectivity index (χ2n) is 5.48. The van der Waals surface area contributed by atoms with Crippen LogP contribution >= 0.6 is 0 Å². The molecule has 0 aliphatic carbocycles. The molecule has 0 aliphatic heterocycles. The fraction of sp³-hybridized carbons (Fsp3) is 0.158. The number of urea groups is 1. The average molecular weight is 357 g/mol. The summed E-state index contributed by atoms with van der Waals surface area (Å²) in [5.74, 6) is -0.628. The Bertz CT molecular complexity index is 761. The summed E-state index contributed by atoms with van der Waals surface area (Å²) in [5.41, 5.74) is 1.46. The van der Waals surface area contributed by atoms with Gasteiger partial charge in [-0.2, -0.15) is 0 Å². The molecular weight excluding hydrogens is 337 g/mol. The van der Waals surface area contributed by atoms with E-state index in [1.807, 2.05) is 0 Å². The van der Waals surface area contributed by atoms with Gasteiger partial charge in [-0.05, 0) is 42.0 Å². The lowest BCUT2D eigenvalue weighted by molar-refractivity contribution is 0.0958. The van der Waals surface area contributed by atoms with Crippen molar-refractivity contribution in [2.24, 2.45) is 0 Å². The minimum Gasteiger partial charge on any atom is -0.387 e. The number of benzene rings is 2. The van der Waals surface area contributed by atoms with Crippen LogP contribution in [0, 0.1) is 5.82 Å². The van der Waals surface area contributed by atoms with Gasteiger partial charge in [-0.1, -0.05) is 18.2 Å². The highest BCUT2D eigenvalue weighted by Gasteiger charge is 2.10. The van der Waals surface area contributed by atoms with Crippen molar-refractivity contribution in [1.82, 2.24) is 10.6 Å². The standard InChI is InChI=1S/C19H20FN3O3/c1-2-11-21-18(25)14-5-9-16(10-6-14)23-19(26)22-12-17(24)13-3-7-15(20)8-4-13/h2-10,17,24H,1,11-12H2,(H,21,25)(H2,22,23,26). The predicted octanol–water partition coefficient (Wildman–Crippen LogP) is 2.60. The second kappa shape index (κ2) is 9.33. The first-order chi connectivity index (χ1) is 12.5. The van der Waals surface area contributed by atoms with Crippen molar-refractivity contribution in [3.05, 3.63) is 78.1 Å². The monoisotopic (exact) mass is 357 g/mol. The molecule has 0 aromatic heterocycles. The number of hydrogen-bond acceptors (Lipinski definition) is 3. The normalized spacial score (nSPS) is 11.3. The van der Waals surface area contributed by atoms with Crippen molar-refractivity contribution < 1.29 is 19.1 Å². The molecule has 0 spiro atoms. The fourth-order valence-electron chi connectivity index (χ4n) is 2.14. The lowest BCUT2D eigenvalue weighted by Gasteiger charge is -2.13. The molecule has 0 fully saturated rings. The molecule has 2 aromatic carbocycles. The van der Waals surface area contributed by atoms with Crippen molar-refractivity contribution >= 4 is 17.6 Å². The largest absolute Gasteiger partial charge is 0.387 e. The van der Waals surface area contributed by atoms with Crippen molar-refractivity contribution in [2.45, 2.75) is 6.10 Å². The molecule has 7 heteroatoms. The molecule has 4 N–H and O–H groups in total. The summed E-state index contributed by atoms with van der Waals surface area (Å²) in [7, 11) is 0. The lowest BCUT2D eigenvalue weighted by Crippen LogP contribution is -2.32. The zero-order chi connectivity index (χ0) is 18.9. The molecule has 0 saturated carbocycles. The van der Waals surface area contributed by atoms with Crippen LogP contribution in [-0.2, 0) is 0 Å². The Kier molecular flexibility index (Phi) is 6.87. The van der Waals surface area contributed by atoms with Crippen LogP contribution in [0.3, 0.4) is 0 Å². The van der Waals surface area contributed by atoms with Crippen LogP contribution in [0.15, 0.2) is 61.2 Å². The van der Waals surface area contributed by atoms with E-state index in [2.05, 4.69) is 22.5 Å². The fourth-order valence-corrected chi connectivity index (χ4v) is 2.14. The minimum atomic E-state index is -0.947. The summed E-state index contributed by atoms with van der Waals surface area (Å²) >= 11 is 0. The maximum atomic E-state index is 12.9. The number of carbonyl (C=O) groups excluding carboxylic acids is 2. The molecule has 0 bridgehead atoms. The molecule has 0 heterocycles. The maximum absolute atomic E-state index is 12.9. The Morgan fingerprint density at radius 1 is 1.08 bits per heavy atom. The number of amides is 3. The first-order valence-electron chi connectivity index (χ1n) is 7.97. The quantitative estimate of drug-likeness (QED) is 0.574. The van der Waals surface area contributed by atoms with E-state index in [-0.39, 0.29) is 12.5 Å². The highest BCUT2D eigenvalue weighted by molar-refractivity contribution is 5.95. The molecule has 136 valence electrons. The highest BCUT2D eigenvalue weighted by atomic mass is 19.1. The number of aliphatic hydroxyl groups excluding tert-OH is 1. The summed E-state index contributed by atoms with van der Waals surface area (Å²) in [6.45, 7) is 3.87. The highest BCUT2D eigenvalue weighted by Crippen LogP contribution is 2.13. The van der Waals surface area contributed by atoms with Crippen molar-refractivity contribution in [2.75, 3.05) is 18.4 Å². The van der Waals surface area contributed by atoms with E-state index in [0.29, 0.717) is 23.4 Å². The molecule has 6 nitrogen and oxygen atoms in total. The van der Waals surface area contributed by atoms with E-state index in [1.165, 1.54) is 24.3 Å². The number of halogens is 1. The topological polar surface area (TPSA) is 90.5 Å². The van der Waals surface area contributed by atoms with Gasteiger partial charge in [-0.15, -0.1) is 6.58 Å². The van der Waals surface area contributed by atoms with Gasteiger partial charge in [0.15, 0.2) is 0 Å². The van der Waals surface area contributed by atoms with E-state index < -0.39 is 18.0 Å². The van der Waals surface area contributed by atoms with Crippen LogP contribution in [-0.4, -0.2) is 30.1 Å². The Balaban J connectivity index is 1.82. The molecular formula is C19H20FN3O3. The molecule has 0 aliphatic rings. The van der Waals surface area contributed by atoms with Gasteiger partial charge in [-0.3, -0.25) is 4.79 Å². The van der Waals surface area contributed by atoms with Crippen molar-refractivity contribution in [3.63, 3.8) is 0 Å². The summed E-state index contributed by atoms with van der Waals surface area (Å²) in [6, 6.07) is 11.2. The zero-order valence-corrected chi connectivity index (χ0v) is 14.0. The number of nitrogens with one attached hydrogen (secondary N) is 3. The lowest BCUT2D eigenvalue weighted by atomic mass is 10.1. The summed E-state index contributed by atoms with van der Waals surface area (Å²) in [6.07, 6.45) is 0.635. The average Bonchev–Trinajstić information content (AvgIpc) is 2.65. The molecule has 2 rings (SSSR count). The van der Waals surface area contributed by atoms with E-state index in [9.17, 15) is 19.1 Å². The van der Waals surface area contributed by atoms with Crippen molar-refractivity contribution in [3.8, 4) is 0 Å². The Labute approximate surface area is 150 Å². The number of aliphatic hydroxyl groups is 1. The van der Waals surface area contributed by atoms with Crippen molar-refractivity contribution in [1.29, 1.82) is 0 Å². The third-order valence-electron chi connectivity index (χ3n) is 3.52. The molecule has 26 heavy (non-hydrogen) atoms. The van der Waals surface area contributed by atoms with Crippen LogP contribution < -0.4 is 16.0 Å². The first kappa shape index (κ1) is 19.1. The van der Waals surface area contributed by atoms with Gasteiger partial charge in [0, 0.05) is 24.3 Å². The third kappa shape index (κ3) is 5.71. The Morgan fingerprint density at radius 2 is 1.73 bits per heavy atom. The van der Waals surface area contributed by atoms with Gasteiger partial charge in [0.1, 0.15) is 5.82 Å². The third-order valence-corrected chi connectivity index (χ3v) is 3.52. The molecule has 3 amide bonds.